The van der Waals surface area contributed by atoms with Crippen molar-refractivity contribution in [2.75, 3.05) is 26.9 Å². The molecule has 1 aliphatic carbocycles. The number of esters is 5. The largest absolute Gasteiger partial charge is 0.480 e. The lowest BCUT2D eigenvalue weighted by atomic mass is 9.87. The third kappa shape index (κ3) is 13.9. The summed E-state index contributed by atoms with van der Waals surface area (Å²) in [4.78, 5) is 116. The first-order valence-electron chi connectivity index (χ1n) is 23.9. The van der Waals surface area contributed by atoms with E-state index in [2.05, 4.69) is 16.0 Å². The second kappa shape index (κ2) is 24.3. The van der Waals surface area contributed by atoms with E-state index in [0.717, 1.165) is 64.0 Å². The quantitative estimate of drug-likeness (QED) is 0.108. The molecule has 3 amide bonds. The number of carbonyl (C=O) groups is 9. The van der Waals surface area contributed by atoms with Gasteiger partial charge in [0, 0.05) is 47.5 Å². The highest BCUT2D eigenvalue weighted by Crippen LogP contribution is 2.45. The molecule has 25 nitrogen and oxygen atoms in total. The van der Waals surface area contributed by atoms with Gasteiger partial charge in [0.05, 0.1) is 32.3 Å². The van der Waals surface area contributed by atoms with Crippen molar-refractivity contribution >= 4 is 53.7 Å². The molecule has 6 rings (SSSR count). The summed E-state index contributed by atoms with van der Waals surface area (Å²) in [7, 11) is 0.973. The zero-order valence-electron chi connectivity index (χ0n) is 43.0. The van der Waals surface area contributed by atoms with Crippen molar-refractivity contribution in [1.82, 2.24) is 16.0 Å². The lowest BCUT2D eigenvalue weighted by molar-refractivity contribution is -0.330. The highest BCUT2D eigenvalue weighted by molar-refractivity contribution is 5.82. The van der Waals surface area contributed by atoms with Gasteiger partial charge in [-0.1, -0.05) is 48.5 Å². The van der Waals surface area contributed by atoms with E-state index in [1.165, 1.54) is 13.8 Å². The van der Waals surface area contributed by atoms with Crippen LogP contribution in [-0.2, 0) is 95.2 Å². The lowest BCUT2D eigenvalue weighted by Gasteiger charge is -2.49. The first kappa shape index (κ1) is 57.5. The maximum Gasteiger partial charge on any atom is 0.407 e. The molecule has 4 aliphatic rings. The van der Waals surface area contributed by atoms with E-state index in [9.17, 15) is 48.3 Å². The van der Waals surface area contributed by atoms with Crippen LogP contribution in [0, 0.1) is 0 Å². The van der Waals surface area contributed by atoms with Crippen molar-refractivity contribution in [3.8, 4) is 11.1 Å². The van der Waals surface area contributed by atoms with Gasteiger partial charge in [-0.15, -0.1) is 0 Å². The number of aliphatic carboxylic acids is 1. The number of hydrogen-bond donors (Lipinski definition) is 4. The summed E-state index contributed by atoms with van der Waals surface area (Å²) in [6, 6.07) is 10.8. The van der Waals surface area contributed by atoms with E-state index in [1.54, 1.807) is 13.8 Å². The molecule has 0 spiro atoms. The minimum atomic E-state index is -2.69. The van der Waals surface area contributed by atoms with Crippen molar-refractivity contribution in [1.29, 1.82) is 0 Å². The average molecular weight is 1060 g/mol. The van der Waals surface area contributed by atoms with Gasteiger partial charge in [-0.05, 0) is 43.0 Å². The first-order chi connectivity index (χ1) is 35.3. The van der Waals surface area contributed by atoms with Crippen molar-refractivity contribution in [3.63, 3.8) is 0 Å². The highest BCUT2D eigenvalue weighted by Gasteiger charge is 2.62. The molecular weight excluding hydrogens is 995 g/mol. The molecule has 2 aromatic carbocycles. The number of rotatable bonds is 20. The van der Waals surface area contributed by atoms with Crippen molar-refractivity contribution in [2.45, 2.75) is 159 Å². The molecule has 3 heterocycles. The van der Waals surface area contributed by atoms with Crippen LogP contribution in [0.5, 0.6) is 0 Å². The molecular formula is C50H63N3O22. The molecule has 0 aromatic heterocycles. The molecule has 3 saturated heterocycles. The molecule has 0 saturated carbocycles. The predicted octanol–water partition coefficient (Wildman–Crippen LogP) is 1.67. The average Bonchev–Trinajstić information content (AvgIpc) is 3.83. The number of nitrogens with one attached hydrogen (secondary N) is 3. The van der Waals surface area contributed by atoms with Gasteiger partial charge < -0.3 is 77.9 Å². The van der Waals surface area contributed by atoms with Gasteiger partial charge in [-0.3, -0.25) is 28.8 Å². The van der Waals surface area contributed by atoms with Crippen molar-refractivity contribution in [2.24, 2.45) is 0 Å². The third-order valence-corrected chi connectivity index (χ3v) is 12.5. The summed E-state index contributed by atoms with van der Waals surface area (Å²) in [5.74, 6) is -12.2. The number of fused-ring (bicyclic) bond motifs is 4. The van der Waals surface area contributed by atoms with Gasteiger partial charge in [0.1, 0.15) is 49.8 Å². The number of amides is 3. The Labute approximate surface area is 431 Å². The Morgan fingerprint density at radius 2 is 1.32 bits per heavy atom. The van der Waals surface area contributed by atoms with E-state index in [-0.39, 0.29) is 12.5 Å². The number of methoxy groups -OCH3 is 1. The molecule has 25 heteroatoms. The van der Waals surface area contributed by atoms with Crippen LogP contribution in [0.3, 0.4) is 0 Å². The standard InChI is InChI=1S/C50H63N3O22/c1-23(38(45(60)61)53-48(63)66-20-34-32-17-13-11-15-30(32)31-16-12-14-18-33(31)34)68-46-40(52-25(3)55)44-42(73-49(8,9)74-44)37(72-46)22-67-50(47(62)64-10)19-35(69-27(5)57)39(51-24(2)54)43(75-50)41(71-29(7)59)36(70-28(6)58)21-65-26(4)56/h11-18,23,34-44,46H,19-22H2,1-10H3,(H,51,54)(H,52,55)(H,53,63)(H,60,61)/t23-,35+,36-,37-,38+,39-,40-,41-,42+,43-,44-,46+,50-/m1/s1. The number of ether oxygens (including phenoxy) is 12. The molecule has 3 fully saturated rings. The number of carboxylic acids is 1. The molecule has 13 atom stereocenters. The number of benzene rings is 2. The Kier molecular flexibility index (Phi) is 18.6. The summed E-state index contributed by atoms with van der Waals surface area (Å²) >= 11 is 0. The monoisotopic (exact) mass is 1060 g/mol. The normalized spacial score (nSPS) is 27.0. The van der Waals surface area contributed by atoms with Gasteiger partial charge in [0.15, 0.2) is 30.3 Å². The van der Waals surface area contributed by atoms with Crippen molar-refractivity contribution < 1.29 is 105 Å². The van der Waals surface area contributed by atoms with E-state index in [0.29, 0.717) is 0 Å². The second-order valence-corrected chi connectivity index (χ2v) is 18.7. The van der Waals surface area contributed by atoms with Crippen LogP contribution in [0.4, 0.5) is 4.79 Å². The van der Waals surface area contributed by atoms with Gasteiger partial charge >= 0.3 is 41.9 Å². The van der Waals surface area contributed by atoms with Crippen LogP contribution in [0.2, 0.25) is 0 Å². The van der Waals surface area contributed by atoms with E-state index >= 15 is 0 Å². The first-order valence-corrected chi connectivity index (χ1v) is 23.9. The Bertz CT molecular complexity index is 2440. The molecule has 75 heavy (non-hydrogen) atoms. The Morgan fingerprint density at radius 3 is 1.87 bits per heavy atom. The topological polar surface area (TPSA) is 321 Å². The van der Waals surface area contributed by atoms with Crippen LogP contribution < -0.4 is 16.0 Å². The molecule has 3 aliphatic heterocycles. The van der Waals surface area contributed by atoms with Crippen LogP contribution >= 0.6 is 0 Å². The fourth-order valence-electron chi connectivity index (χ4n) is 9.71. The number of carboxylic acid groups (broad SMARTS) is 1. The van der Waals surface area contributed by atoms with Gasteiger partial charge in [-0.25, -0.2) is 14.4 Å². The molecule has 0 unspecified atom stereocenters. The number of hydrogen-bond acceptors (Lipinski definition) is 21. The van der Waals surface area contributed by atoms with E-state index in [1.807, 2.05) is 48.5 Å². The summed E-state index contributed by atoms with van der Waals surface area (Å²) < 4.78 is 70.7. The van der Waals surface area contributed by atoms with E-state index in [4.69, 9.17) is 56.8 Å². The van der Waals surface area contributed by atoms with Crippen LogP contribution in [0.1, 0.15) is 85.8 Å². The van der Waals surface area contributed by atoms with Gasteiger partial charge in [0.25, 0.3) is 5.79 Å². The van der Waals surface area contributed by atoms with Crippen LogP contribution in [-0.4, -0.2) is 171 Å². The molecule has 4 N–H and O–H groups in total. The minimum absolute atomic E-state index is 0.131. The zero-order chi connectivity index (χ0) is 55.1. The molecule has 2 aromatic rings. The maximum absolute atomic E-state index is 14.2. The zero-order valence-corrected chi connectivity index (χ0v) is 43.0. The SMILES string of the molecule is COC(=O)[C@@]1(OC[C@H]2O[C@H](O[C@H](C)[C@H](NC(=O)OCC3c4ccccc4-c4ccccc43)C(=O)O)[C@H](NC(C)=O)[C@H]3OC(C)(C)O[C@H]32)C[C@H](OC(C)=O)[C@@H](NC(C)=O)[C@H]([C@H](OC(C)=O)[C@@H](COC(C)=O)OC(C)=O)O1. The fraction of sp³-hybridized carbons (Fsp3) is 0.580. The summed E-state index contributed by atoms with van der Waals surface area (Å²) in [5, 5.41) is 18.1. The molecule has 0 radical (unpaired) electrons. The lowest BCUT2D eigenvalue weighted by Crippen LogP contribution is -2.70. The predicted molar refractivity (Wildman–Crippen MR) is 251 cm³/mol. The second-order valence-electron chi connectivity index (χ2n) is 18.7. The fourth-order valence-corrected chi connectivity index (χ4v) is 9.71. The van der Waals surface area contributed by atoms with Gasteiger partial charge in [0.2, 0.25) is 11.8 Å². The Balaban J connectivity index is 1.30. The third-order valence-electron chi connectivity index (χ3n) is 12.5. The molecule has 0 bridgehead atoms. The number of carbonyl (C=O) groups excluding carboxylic acids is 8. The Hall–Kier alpha value is -6.77. The minimum Gasteiger partial charge on any atom is -0.480 e. The van der Waals surface area contributed by atoms with Crippen molar-refractivity contribution in [3.05, 3.63) is 59.7 Å². The summed E-state index contributed by atoms with van der Waals surface area (Å²) in [6.07, 6.45) is -15.5. The summed E-state index contributed by atoms with van der Waals surface area (Å²) in [5.41, 5.74) is 3.81. The highest BCUT2D eigenvalue weighted by atomic mass is 16.8. The van der Waals surface area contributed by atoms with Crippen LogP contribution in [0.15, 0.2) is 48.5 Å². The smallest absolute Gasteiger partial charge is 0.407 e. The maximum atomic E-state index is 14.2. The van der Waals surface area contributed by atoms with Gasteiger partial charge in [-0.2, -0.15) is 0 Å². The number of alkyl carbamates (subject to hydrolysis) is 1. The Morgan fingerprint density at radius 1 is 0.733 bits per heavy atom. The van der Waals surface area contributed by atoms with E-state index < -0.39 is 158 Å². The van der Waals surface area contributed by atoms with Crippen LogP contribution in [0.25, 0.3) is 11.1 Å². The molecule has 410 valence electrons. The summed E-state index contributed by atoms with van der Waals surface area (Å²) in [6.45, 7) is 9.24.